The summed E-state index contributed by atoms with van der Waals surface area (Å²) >= 11 is 0. The molecule has 1 fully saturated rings. The van der Waals surface area contributed by atoms with Crippen molar-refractivity contribution in [2.24, 2.45) is 0 Å². The van der Waals surface area contributed by atoms with Crippen molar-refractivity contribution < 1.29 is 17.9 Å². The molecule has 1 aliphatic rings. The van der Waals surface area contributed by atoms with Gasteiger partial charge in [-0.2, -0.15) is 13.2 Å². The average Bonchev–Trinajstić information content (AvgIpc) is 2.47. The molecule has 2 rings (SSSR count). The first-order valence-corrected chi connectivity index (χ1v) is 7.51. The molecule has 0 aromatic heterocycles. The Labute approximate surface area is 123 Å². The summed E-state index contributed by atoms with van der Waals surface area (Å²) in [5.74, 6) is 0. The summed E-state index contributed by atoms with van der Waals surface area (Å²) < 4.78 is 43.7. The summed E-state index contributed by atoms with van der Waals surface area (Å²) in [6, 6.07) is 8.13. The molecule has 0 radical (unpaired) electrons. The molecule has 1 saturated heterocycles. The Hall–Kier alpha value is -1.07. The normalized spacial score (nSPS) is 21.2. The number of halogens is 3. The van der Waals surface area contributed by atoms with Gasteiger partial charge >= 0.3 is 6.18 Å². The molecule has 1 N–H and O–H groups in total. The van der Waals surface area contributed by atoms with Crippen LogP contribution in [0, 0.1) is 0 Å². The number of rotatable bonds is 6. The van der Waals surface area contributed by atoms with Crippen molar-refractivity contribution in [3.05, 3.63) is 35.9 Å². The van der Waals surface area contributed by atoms with E-state index in [1.807, 2.05) is 6.07 Å². The molecular weight excluding hydrogens is 279 g/mol. The minimum atomic E-state index is -4.17. The van der Waals surface area contributed by atoms with E-state index < -0.39 is 18.6 Å². The fourth-order valence-electron chi connectivity index (χ4n) is 2.68. The Balaban J connectivity index is 1.86. The highest BCUT2D eigenvalue weighted by atomic mass is 19.4. The van der Waals surface area contributed by atoms with E-state index >= 15 is 0 Å². The van der Waals surface area contributed by atoms with Gasteiger partial charge in [0, 0.05) is 12.6 Å². The van der Waals surface area contributed by atoms with Gasteiger partial charge in [0.1, 0.15) is 0 Å². The monoisotopic (exact) mass is 301 g/mol. The van der Waals surface area contributed by atoms with Gasteiger partial charge in [0.25, 0.3) is 0 Å². The van der Waals surface area contributed by atoms with Gasteiger partial charge in [0.15, 0.2) is 0 Å². The minimum Gasteiger partial charge on any atom is -0.378 e. The molecule has 118 valence electrons. The maximum absolute atomic E-state index is 12.7. The van der Waals surface area contributed by atoms with Crippen LogP contribution in [0.2, 0.25) is 0 Å². The molecule has 1 heterocycles. The molecular formula is C16H22F3NO. The van der Waals surface area contributed by atoms with Crippen molar-refractivity contribution >= 4 is 0 Å². The summed E-state index contributed by atoms with van der Waals surface area (Å²) in [5.41, 5.74) is 0.680. The topological polar surface area (TPSA) is 21.3 Å². The van der Waals surface area contributed by atoms with Crippen LogP contribution in [-0.4, -0.2) is 25.4 Å². The molecule has 2 atom stereocenters. The largest absolute Gasteiger partial charge is 0.390 e. The van der Waals surface area contributed by atoms with Crippen LogP contribution in [0.25, 0.3) is 0 Å². The number of hydrogen-bond acceptors (Lipinski definition) is 2. The predicted molar refractivity (Wildman–Crippen MR) is 76.1 cm³/mol. The third-order valence-electron chi connectivity index (χ3n) is 3.77. The molecule has 0 bridgehead atoms. The molecule has 21 heavy (non-hydrogen) atoms. The van der Waals surface area contributed by atoms with Gasteiger partial charge in [0.05, 0.1) is 12.5 Å². The molecule has 0 amide bonds. The van der Waals surface area contributed by atoms with Crippen molar-refractivity contribution in [1.29, 1.82) is 0 Å². The van der Waals surface area contributed by atoms with Gasteiger partial charge in [-0.1, -0.05) is 30.3 Å². The molecule has 5 heteroatoms. The van der Waals surface area contributed by atoms with E-state index in [4.69, 9.17) is 4.74 Å². The zero-order valence-corrected chi connectivity index (χ0v) is 12.0. The maximum atomic E-state index is 12.7. The lowest BCUT2D eigenvalue weighted by atomic mass is 10.0. The lowest BCUT2D eigenvalue weighted by Crippen LogP contribution is -2.30. The van der Waals surface area contributed by atoms with E-state index in [2.05, 4.69) is 5.32 Å². The summed E-state index contributed by atoms with van der Waals surface area (Å²) in [6.07, 6.45) is -0.816. The Morgan fingerprint density at radius 1 is 1.19 bits per heavy atom. The Kier molecular flexibility index (Phi) is 6.06. The molecule has 0 aliphatic carbocycles. The first-order chi connectivity index (χ1) is 10.0. The van der Waals surface area contributed by atoms with Crippen LogP contribution in [0.5, 0.6) is 0 Å². The molecule has 0 saturated carbocycles. The molecule has 2 unspecified atom stereocenters. The molecule has 2 nitrogen and oxygen atoms in total. The van der Waals surface area contributed by atoms with Crippen molar-refractivity contribution in [1.82, 2.24) is 5.32 Å². The SMILES string of the molecule is FC(F)(F)CC(NCCC1CCCCO1)c1ccccc1. The van der Waals surface area contributed by atoms with Crippen LogP contribution in [-0.2, 0) is 4.74 Å². The van der Waals surface area contributed by atoms with Gasteiger partial charge in [-0.3, -0.25) is 0 Å². The summed E-state index contributed by atoms with van der Waals surface area (Å²) in [6.45, 7) is 1.32. The van der Waals surface area contributed by atoms with Crippen LogP contribution >= 0.6 is 0 Å². The number of ether oxygens (including phenoxy) is 1. The minimum absolute atomic E-state index is 0.188. The highest BCUT2D eigenvalue weighted by molar-refractivity contribution is 5.19. The van der Waals surface area contributed by atoms with E-state index in [9.17, 15) is 13.2 Å². The van der Waals surface area contributed by atoms with Gasteiger partial charge in [0.2, 0.25) is 0 Å². The van der Waals surface area contributed by atoms with Gasteiger partial charge in [-0.25, -0.2) is 0 Å². The number of nitrogens with one attached hydrogen (secondary N) is 1. The fraction of sp³-hybridized carbons (Fsp3) is 0.625. The van der Waals surface area contributed by atoms with E-state index in [0.29, 0.717) is 12.1 Å². The first-order valence-electron chi connectivity index (χ1n) is 7.51. The van der Waals surface area contributed by atoms with Gasteiger partial charge in [-0.15, -0.1) is 0 Å². The maximum Gasteiger partial charge on any atom is 0.390 e. The third-order valence-corrected chi connectivity index (χ3v) is 3.77. The van der Waals surface area contributed by atoms with Crippen LogP contribution in [0.3, 0.4) is 0 Å². The number of hydrogen-bond donors (Lipinski definition) is 1. The van der Waals surface area contributed by atoms with E-state index in [1.54, 1.807) is 24.3 Å². The first kappa shape index (κ1) is 16.3. The predicted octanol–water partition coefficient (Wildman–Crippen LogP) is 4.23. The Morgan fingerprint density at radius 3 is 2.57 bits per heavy atom. The summed E-state index contributed by atoms with van der Waals surface area (Å²) in [5, 5.41) is 3.04. The van der Waals surface area contributed by atoms with Gasteiger partial charge < -0.3 is 10.1 Å². The number of alkyl halides is 3. The second-order valence-corrected chi connectivity index (χ2v) is 5.51. The summed E-state index contributed by atoms with van der Waals surface area (Å²) in [7, 11) is 0. The molecule has 1 aliphatic heterocycles. The standard InChI is InChI=1S/C16H22F3NO/c17-16(18,19)12-15(13-6-2-1-3-7-13)20-10-9-14-8-4-5-11-21-14/h1-3,6-7,14-15,20H,4-5,8-12H2. The van der Waals surface area contributed by atoms with Crippen LogP contribution < -0.4 is 5.32 Å². The van der Waals surface area contributed by atoms with Crippen molar-refractivity contribution in [2.75, 3.05) is 13.2 Å². The van der Waals surface area contributed by atoms with Crippen LogP contribution in [0.4, 0.5) is 13.2 Å². The highest BCUT2D eigenvalue weighted by Gasteiger charge is 2.32. The molecule has 1 aromatic carbocycles. The fourth-order valence-corrected chi connectivity index (χ4v) is 2.68. The zero-order valence-electron chi connectivity index (χ0n) is 12.0. The van der Waals surface area contributed by atoms with Crippen molar-refractivity contribution in [2.45, 2.75) is 50.4 Å². The highest BCUT2D eigenvalue weighted by Crippen LogP contribution is 2.29. The Morgan fingerprint density at radius 2 is 1.95 bits per heavy atom. The van der Waals surface area contributed by atoms with E-state index in [0.717, 1.165) is 32.3 Å². The number of benzene rings is 1. The van der Waals surface area contributed by atoms with Crippen LogP contribution in [0.15, 0.2) is 30.3 Å². The molecule has 0 spiro atoms. The molecule has 1 aromatic rings. The van der Waals surface area contributed by atoms with Gasteiger partial charge in [-0.05, 0) is 37.8 Å². The lowest BCUT2D eigenvalue weighted by molar-refractivity contribution is -0.140. The third kappa shape index (κ3) is 6.06. The summed E-state index contributed by atoms with van der Waals surface area (Å²) in [4.78, 5) is 0. The smallest absolute Gasteiger partial charge is 0.378 e. The lowest BCUT2D eigenvalue weighted by Gasteiger charge is -2.25. The van der Waals surface area contributed by atoms with Crippen molar-refractivity contribution in [3.63, 3.8) is 0 Å². The quantitative estimate of drug-likeness (QED) is 0.849. The van der Waals surface area contributed by atoms with E-state index in [1.165, 1.54) is 0 Å². The van der Waals surface area contributed by atoms with E-state index in [-0.39, 0.29) is 6.10 Å². The van der Waals surface area contributed by atoms with Crippen LogP contribution in [0.1, 0.15) is 43.7 Å². The van der Waals surface area contributed by atoms with Crippen molar-refractivity contribution in [3.8, 4) is 0 Å². The Bertz CT molecular complexity index is 402. The second kappa shape index (κ2) is 7.80. The second-order valence-electron chi connectivity index (χ2n) is 5.51. The zero-order chi connectivity index (χ0) is 15.1. The average molecular weight is 301 g/mol.